The lowest BCUT2D eigenvalue weighted by molar-refractivity contribution is -0.136. The standard InChI is InChI=1S/C16H15F2NO3/c17-14-5-4-12(10-2-1-3-11(20)8-10)16(18)13(14)9-19-7-6-15(21)22/h1-5,8,19-20H,6-7,9H2,(H,21,22). The number of aliphatic carboxylic acids is 1. The van der Waals surface area contributed by atoms with Gasteiger partial charge < -0.3 is 15.5 Å². The number of benzene rings is 2. The first-order valence-electron chi connectivity index (χ1n) is 6.68. The van der Waals surface area contributed by atoms with Crippen LogP contribution in [0.2, 0.25) is 0 Å². The molecule has 0 saturated carbocycles. The molecular formula is C16H15F2NO3. The van der Waals surface area contributed by atoms with E-state index in [1.807, 2.05) is 0 Å². The SMILES string of the molecule is O=C(O)CCNCc1c(F)ccc(-c2cccc(O)c2)c1F. The fraction of sp³-hybridized carbons (Fsp3) is 0.188. The summed E-state index contributed by atoms with van der Waals surface area (Å²) >= 11 is 0. The fourth-order valence-corrected chi connectivity index (χ4v) is 2.06. The quantitative estimate of drug-likeness (QED) is 0.718. The van der Waals surface area contributed by atoms with E-state index < -0.39 is 17.6 Å². The second-order valence-corrected chi connectivity index (χ2v) is 4.76. The van der Waals surface area contributed by atoms with Crippen LogP contribution in [0.1, 0.15) is 12.0 Å². The van der Waals surface area contributed by atoms with Gasteiger partial charge in [-0.2, -0.15) is 0 Å². The van der Waals surface area contributed by atoms with Crippen molar-refractivity contribution in [1.29, 1.82) is 0 Å². The summed E-state index contributed by atoms with van der Waals surface area (Å²) in [7, 11) is 0. The Kier molecular flexibility index (Phi) is 5.06. The van der Waals surface area contributed by atoms with Crippen LogP contribution in [0.5, 0.6) is 5.75 Å². The monoisotopic (exact) mass is 307 g/mol. The average Bonchev–Trinajstić information content (AvgIpc) is 2.46. The highest BCUT2D eigenvalue weighted by atomic mass is 19.1. The summed E-state index contributed by atoms with van der Waals surface area (Å²) in [5.41, 5.74) is 0.447. The zero-order chi connectivity index (χ0) is 16.1. The summed E-state index contributed by atoms with van der Waals surface area (Å²) in [5, 5.41) is 20.7. The molecule has 4 nitrogen and oxygen atoms in total. The van der Waals surface area contributed by atoms with Crippen LogP contribution < -0.4 is 5.32 Å². The van der Waals surface area contributed by atoms with Gasteiger partial charge in [0.15, 0.2) is 0 Å². The van der Waals surface area contributed by atoms with Crippen molar-refractivity contribution in [2.24, 2.45) is 0 Å². The number of rotatable bonds is 6. The van der Waals surface area contributed by atoms with Crippen LogP contribution in [0.15, 0.2) is 36.4 Å². The largest absolute Gasteiger partial charge is 0.508 e. The van der Waals surface area contributed by atoms with Crippen LogP contribution in [-0.4, -0.2) is 22.7 Å². The molecule has 2 aromatic carbocycles. The lowest BCUT2D eigenvalue weighted by Gasteiger charge is -2.11. The number of hydrogen-bond acceptors (Lipinski definition) is 3. The number of nitrogens with one attached hydrogen (secondary N) is 1. The van der Waals surface area contributed by atoms with Crippen molar-refractivity contribution >= 4 is 5.97 Å². The fourth-order valence-electron chi connectivity index (χ4n) is 2.06. The van der Waals surface area contributed by atoms with Gasteiger partial charge in [-0.25, -0.2) is 8.78 Å². The maximum absolute atomic E-state index is 14.5. The highest BCUT2D eigenvalue weighted by Gasteiger charge is 2.15. The molecule has 0 saturated heterocycles. The van der Waals surface area contributed by atoms with Gasteiger partial charge in [0.05, 0.1) is 6.42 Å². The third-order valence-corrected chi connectivity index (χ3v) is 3.16. The Balaban J connectivity index is 2.24. The minimum atomic E-state index is -0.984. The average molecular weight is 307 g/mol. The normalized spacial score (nSPS) is 10.6. The summed E-state index contributed by atoms with van der Waals surface area (Å²) in [4.78, 5) is 10.4. The number of carboxylic acid groups (broad SMARTS) is 1. The molecule has 0 aromatic heterocycles. The minimum Gasteiger partial charge on any atom is -0.508 e. The van der Waals surface area contributed by atoms with Crippen LogP contribution in [0.4, 0.5) is 8.78 Å². The third kappa shape index (κ3) is 3.79. The van der Waals surface area contributed by atoms with Gasteiger partial charge >= 0.3 is 5.97 Å². The van der Waals surface area contributed by atoms with E-state index in [0.29, 0.717) is 5.56 Å². The summed E-state index contributed by atoms with van der Waals surface area (Å²) in [6.45, 7) is 0.00215. The van der Waals surface area contributed by atoms with Gasteiger partial charge in [-0.15, -0.1) is 0 Å². The lowest BCUT2D eigenvalue weighted by Crippen LogP contribution is -2.19. The molecule has 0 heterocycles. The molecule has 3 N–H and O–H groups in total. The van der Waals surface area contributed by atoms with Crippen LogP contribution in [0.25, 0.3) is 11.1 Å². The van der Waals surface area contributed by atoms with Gasteiger partial charge in [0, 0.05) is 24.2 Å². The van der Waals surface area contributed by atoms with E-state index >= 15 is 0 Å². The molecule has 2 rings (SSSR count). The first-order chi connectivity index (χ1) is 10.5. The van der Waals surface area contributed by atoms with E-state index in [1.54, 1.807) is 12.1 Å². The number of halogens is 2. The molecule has 0 unspecified atom stereocenters. The van der Waals surface area contributed by atoms with Crippen LogP contribution in [0, 0.1) is 11.6 Å². The van der Waals surface area contributed by atoms with Gasteiger partial charge in [0.1, 0.15) is 17.4 Å². The van der Waals surface area contributed by atoms with Gasteiger partial charge in [0.2, 0.25) is 0 Å². The molecule has 22 heavy (non-hydrogen) atoms. The second kappa shape index (κ2) is 7.00. The molecule has 0 aliphatic rings. The zero-order valence-corrected chi connectivity index (χ0v) is 11.6. The van der Waals surface area contributed by atoms with E-state index in [9.17, 15) is 18.7 Å². The molecule has 0 aliphatic carbocycles. The van der Waals surface area contributed by atoms with Gasteiger partial charge in [-0.1, -0.05) is 12.1 Å². The molecule has 0 amide bonds. The number of aromatic hydroxyl groups is 1. The van der Waals surface area contributed by atoms with Crippen molar-refractivity contribution in [2.45, 2.75) is 13.0 Å². The number of hydrogen-bond donors (Lipinski definition) is 3. The maximum Gasteiger partial charge on any atom is 0.304 e. The van der Waals surface area contributed by atoms with Gasteiger partial charge in [-0.05, 0) is 29.8 Å². The molecule has 0 aliphatic heterocycles. The lowest BCUT2D eigenvalue weighted by atomic mass is 10.0. The van der Waals surface area contributed by atoms with E-state index in [1.165, 1.54) is 18.2 Å². The first kappa shape index (κ1) is 15.9. The Morgan fingerprint density at radius 1 is 1.18 bits per heavy atom. The molecule has 116 valence electrons. The van der Waals surface area contributed by atoms with Crippen molar-refractivity contribution in [3.05, 3.63) is 53.6 Å². The van der Waals surface area contributed by atoms with E-state index in [-0.39, 0.29) is 36.4 Å². The Hall–Kier alpha value is -2.47. The second-order valence-electron chi connectivity index (χ2n) is 4.76. The Morgan fingerprint density at radius 2 is 1.95 bits per heavy atom. The van der Waals surface area contributed by atoms with Crippen LogP contribution >= 0.6 is 0 Å². The van der Waals surface area contributed by atoms with E-state index in [0.717, 1.165) is 6.07 Å². The van der Waals surface area contributed by atoms with Crippen molar-refractivity contribution < 1.29 is 23.8 Å². The topological polar surface area (TPSA) is 69.6 Å². The van der Waals surface area contributed by atoms with E-state index in [2.05, 4.69) is 5.32 Å². The highest BCUT2D eigenvalue weighted by Crippen LogP contribution is 2.28. The molecule has 6 heteroatoms. The molecule has 2 aromatic rings. The first-order valence-corrected chi connectivity index (χ1v) is 6.68. The Bertz CT molecular complexity index is 689. The number of carboxylic acids is 1. The number of phenols is 1. The summed E-state index contributed by atoms with van der Waals surface area (Å²) < 4.78 is 28.2. The highest BCUT2D eigenvalue weighted by molar-refractivity contribution is 5.67. The summed E-state index contributed by atoms with van der Waals surface area (Å²) in [6.07, 6.45) is -0.129. The molecule has 0 radical (unpaired) electrons. The third-order valence-electron chi connectivity index (χ3n) is 3.16. The van der Waals surface area contributed by atoms with Gasteiger partial charge in [-0.3, -0.25) is 4.79 Å². The summed E-state index contributed by atoms with van der Waals surface area (Å²) in [6, 6.07) is 8.48. The number of carbonyl (C=O) groups is 1. The molecular weight excluding hydrogens is 292 g/mol. The predicted molar refractivity (Wildman–Crippen MR) is 77.4 cm³/mol. The Labute approximate surface area is 126 Å². The van der Waals surface area contributed by atoms with E-state index in [4.69, 9.17) is 5.11 Å². The predicted octanol–water partition coefficient (Wildman–Crippen LogP) is 2.90. The molecule has 0 atom stereocenters. The van der Waals surface area contributed by atoms with Crippen molar-refractivity contribution in [3.8, 4) is 16.9 Å². The zero-order valence-electron chi connectivity index (χ0n) is 11.6. The maximum atomic E-state index is 14.5. The molecule has 0 fully saturated rings. The van der Waals surface area contributed by atoms with Crippen molar-refractivity contribution in [2.75, 3.05) is 6.54 Å². The van der Waals surface area contributed by atoms with Crippen LogP contribution in [-0.2, 0) is 11.3 Å². The molecule has 0 spiro atoms. The number of phenolic OH excluding ortho intramolecular Hbond substituents is 1. The Morgan fingerprint density at radius 3 is 2.64 bits per heavy atom. The van der Waals surface area contributed by atoms with Crippen molar-refractivity contribution in [3.63, 3.8) is 0 Å². The smallest absolute Gasteiger partial charge is 0.304 e. The van der Waals surface area contributed by atoms with Gasteiger partial charge in [0.25, 0.3) is 0 Å². The minimum absolute atomic E-state index is 0.0117. The van der Waals surface area contributed by atoms with Crippen molar-refractivity contribution in [1.82, 2.24) is 5.32 Å². The molecule has 0 bridgehead atoms. The van der Waals surface area contributed by atoms with Crippen LogP contribution in [0.3, 0.4) is 0 Å². The summed E-state index contributed by atoms with van der Waals surface area (Å²) in [5.74, 6) is -2.43.